The van der Waals surface area contributed by atoms with Gasteiger partial charge in [0, 0.05) is 13.0 Å². The van der Waals surface area contributed by atoms with E-state index in [1.54, 1.807) is 0 Å². The molecular formula is C20H40N2O. The minimum atomic E-state index is 0.136. The number of hydrogen-bond acceptors (Lipinski definition) is 3. The van der Waals surface area contributed by atoms with Crippen LogP contribution in [0.2, 0.25) is 0 Å². The highest BCUT2D eigenvalue weighted by atomic mass is 16.3. The Labute approximate surface area is 144 Å². The van der Waals surface area contributed by atoms with Crippen molar-refractivity contribution in [2.45, 2.75) is 103 Å². The van der Waals surface area contributed by atoms with Crippen molar-refractivity contribution < 1.29 is 5.11 Å². The van der Waals surface area contributed by atoms with Gasteiger partial charge in [-0.15, -0.1) is 0 Å². The Kier molecular flexibility index (Phi) is 13.3. The van der Waals surface area contributed by atoms with Gasteiger partial charge in [-0.3, -0.25) is 4.99 Å². The number of aliphatic hydroxyl groups excluding tert-OH is 1. The molecule has 0 amide bonds. The maximum Gasteiger partial charge on any atom is 0.116 e. The van der Waals surface area contributed by atoms with E-state index in [9.17, 15) is 5.11 Å². The lowest BCUT2D eigenvalue weighted by molar-refractivity contribution is 0.178. The van der Waals surface area contributed by atoms with Crippen LogP contribution < -0.4 is 0 Å². The highest BCUT2D eigenvalue weighted by Gasteiger charge is 2.14. The van der Waals surface area contributed by atoms with Crippen LogP contribution in [0, 0.1) is 0 Å². The highest BCUT2D eigenvalue weighted by molar-refractivity contribution is 5.83. The van der Waals surface area contributed by atoms with Crippen molar-refractivity contribution in [3.8, 4) is 0 Å². The third-order valence-corrected chi connectivity index (χ3v) is 4.95. The first-order valence-corrected chi connectivity index (χ1v) is 10.3. The van der Waals surface area contributed by atoms with Gasteiger partial charge in [0.1, 0.15) is 12.6 Å². The predicted octanol–water partition coefficient (Wildman–Crippen LogP) is 5.52. The normalized spacial score (nSPS) is 14.5. The van der Waals surface area contributed by atoms with Crippen molar-refractivity contribution in [1.82, 2.24) is 4.90 Å². The topological polar surface area (TPSA) is 35.8 Å². The first-order valence-electron chi connectivity index (χ1n) is 10.3. The van der Waals surface area contributed by atoms with Crippen LogP contribution in [0.3, 0.4) is 0 Å². The van der Waals surface area contributed by atoms with Crippen LogP contribution in [0.15, 0.2) is 4.99 Å². The Morgan fingerprint density at radius 1 is 0.783 bits per heavy atom. The van der Waals surface area contributed by atoms with E-state index < -0.39 is 0 Å². The molecule has 1 heterocycles. The van der Waals surface area contributed by atoms with Crippen LogP contribution in [0.4, 0.5) is 0 Å². The molecule has 23 heavy (non-hydrogen) atoms. The van der Waals surface area contributed by atoms with Crippen LogP contribution in [-0.2, 0) is 0 Å². The maximum absolute atomic E-state index is 9.20. The molecule has 136 valence electrons. The molecule has 3 heteroatoms. The van der Waals surface area contributed by atoms with Gasteiger partial charge in [-0.05, 0) is 6.42 Å². The third kappa shape index (κ3) is 10.8. The van der Waals surface area contributed by atoms with Crippen LogP contribution in [0.5, 0.6) is 0 Å². The zero-order valence-electron chi connectivity index (χ0n) is 15.6. The zero-order valence-corrected chi connectivity index (χ0v) is 15.6. The fourth-order valence-electron chi connectivity index (χ4n) is 3.40. The summed E-state index contributed by atoms with van der Waals surface area (Å²) in [5, 5.41) is 9.20. The fraction of sp³-hybridized carbons (Fsp3) is 0.950. The summed E-state index contributed by atoms with van der Waals surface area (Å²) < 4.78 is 0. The molecular weight excluding hydrogens is 284 g/mol. The lowest BCUT2D eigenvalue weighted by Crippen LogP contribution is -2.28. The van der Waals surface area contributed by atoms with Gasteiger partial charge in [-0.1, -0.05) is 90.4 Å². The molecule has 3 nitrogen and oxygen atoms in total. The molecule has 0 bridgehead atoms. The summed E-state index contributed by atoms with van der Waals surface area (Å²) in [5.74, 6) is 1.13. The van der Waals surface area contributed by atoms with E-state index in [0.717, 1.165) is 25.3 Å². The Morgan fingerprint density at radius 3 is 1.74 bits per heavy atom. The average molecular weight is 325 g/mol. The molecule has 1 aliphatic rings. The van der Waals surface area contributed by atoms with Crippen molar-refractivity contribution >= 4 is 5.84 Å². The van der Waals surface area contributed by atoms with Gasteiger partial charge in [-0.2, -0.15) is 0 Å². The second-order valence-corrected chi connectivity index (χ2v) is 7.05. The van der Waals surface area contributed by atoms with E-state index in [0.29, 0.717) is 0 Å². The molecule has 1 rings (SSSR count). The van der Waals surface area contributed by atoms with Gasteiger partial charge in [0.05, 0.1) is 6.54 Å². The number of hydrogen-bond donors (Lipinski definition) is 1. The Hall–Kier alpha value is -0.570. The third-order valence-electron chi connectivity index (χ3n) is 4.95. The second kappa shape index (κ2) is 15.0. The van der Waals surface area contributed by atoms with Crippen molar-refractivity contribution in [3.63, 3.8) is 0 Å². The molecule has 0 fully saturated rings. The minimum Gasteiger partial charge on any atom is -0.376 e. The van der Waals surface area contributed by atoms with Crippen molar-refractivity contribution in [1.29, 1.82) is 0 Å². The van der Waals surface area contributed by atoms with Gasteiger partial charge in [0.2, 0.25) is 0 Å². The molecule has 0 saturated carbocycles. The van der Waals surface area contributed by atoms with Crippen molar-refractivity contribution in [2.75, 3.05) is 19.8 Å². The van der Waals surface area contributed by atoms with E-state index in [1.807, 2.05) is 4.90 Å². The molecule has 1 N–H and O–H groups in total. The van der Waals surface area contributed by atoms with Gasteiger partial charge < -0.3 is 10.0 Å². The Bertz CT molecular complexity index is 291. The van der Waals surface area contributed by atoms with Crippen LogP contribution in [0.1, 0.15) is 103 Å². The summed E-state index contributed by atoms with van der Waals surface area (Å²) in [6.45, 7) is 4.20. The van der Waals surface area contributed by atoms with Crippen molar-refractivity contribution in [2.24, 2.45) is 4.99 Å². The first-order chi connectivity index (χ1) is 11.4. The lowest BCUT2D eigenvalue weighted by Gasteiger charge is -2.16. The van der Waals surface area contributed by atoms with E-state index >= 15 is 0 Å². The number of nitrogens with zero attached hydrogens (tertiary/aromatic N) is 2. The lowest BCUT2D eigenvalue weighted by atomic mass is 10.0. The SMILES string of the molecule is CCCCCCCCCCCCCCCCC1=NCCN1CO. The summed E-state index contributed by atoms with van der Waals surface area (Å²) in [5.41, 5.74) is 0. The summed E-state index contributed by atoms with van der Waals surface area (Å²) in [6, 6.07) is 0. The van der Waals surface area contributed by atoms with Gasteiger partial charge >= 0.3 is 0 Å². The van der Waals surface area contributed by atoms with E-state index in [-0.39, 0.29) is 6.73 Å². The molecule has 0 unspecified atom stereocenters. The minimum absolute atomic E-state index is 0.136. The largest absolute Gasteiger partial charge is 0.376 e. The van der Waals surface area contributed by atoms with Crippen molar-refractivity contribution in [3.05, 3.63) is 0 Å². The number of amidine groups is 1. The monoisotopic (exact) mass is 324 g/mol. The van der Waals surface area contributed by atoms with E-state index in [1.165, 1.54) is 89.9 Å². The first kappa shape index (κ1) is 20.5. The molecule has 0 aromatic rings. The van der Waals surface area contributed by atoms with Gasteiger partial charge in [0.15, 0.2) is 0 Å². The number of aliphatic imine (C=N–C) groups is 1. The van der Waals surface area contributed by atoms with Crippen LogP contribution >= 0.6 is 0 Å². The molecule has 0 aromatic carbocycles. The summed E-state index contributed by atoms with van der Waals surface area (Å²) in [4.78, 5) is 6.47. The summed E-state index contributed by atoms with van der Waals surface area (Å²) in [7, 11) is 0. The number of unbranched alkanes of at least 4 members (excludes halogenated alkanes) is 13. The maximum atomic E-state index is 9.20. The zero-order chi connectivity index (χ0) is 16.6. The summed E-state index contributed by atoms with van der Waals surface area (Å²) >= 11 is 0. The van der Waals surface area contributed by atoms with Gasteiger partial charge in [0.25, 0.3) is 0 Å². The Morgan fingerprint density at radius 2 is 1.26 bits per heavy atom. The van der Waals surface area contributed by atoms with E-state index in [4.69, 9.17) is 0 Å². The molecule has 0 radical (unpaired) electrons. The standard InChI is InChI=1S/C20H40N2O/c1-2-3-4-5-6-7-8-9-10-11-12-13-14-15-16-20-21-17-18-22(20)19-23/h23H,2-19H2,1H3. The summed E-state index contributed by atoms with van der Waals surface area (Å²) in [6.07, 6.45) is 20.7. The molecule has 0 atom stereocenters. The number of rotatable bonds is 16. The van der Waals surface area contributed by atoms with Crippen LogP contribution in [0.25, 0.3) is 0 Å². The molecule has 0 saturated heterocycles. The quantitative estimate of drug-likeness (QED) is 0.379. The smallest absolute Gasteiger partial charge is 0.116 e. The average Bonchev–Trinajstić information content (AvgIpc) is 3.02. The number of aliphatic hydroxyl groups is 1. The molecule has 0 aliphatic carbocycles. The molecule has 0 aromatic heterocycles. The van der Waals surface area contributed by atoms with E-state index in [2.05, 4.69) is 11.9 Å². The molecule has 1 aliphatic heterocycles. The van der Waals surface area contributed by atoms with Gasteiger partial charge in [-0.25, -0.2) is 0 Å². The van der Waals surface area contributed by atoms with Crippen LogP contribution in [-0.4, -0.2) is 35.7 Å². The molecule has 0 spiro atoms. The second-order valence-electron chi connectivity index (χ2n) is 7.05. The Balaban J connectivity index is 1.75. The fourth-order valence-corrected chi connectivity index (χ4v) is 3.40. The predicted molar refractivity (Wildman–Crippen MR) is 101 cm³/mol. The highest BCUT2D eigenvalue weighted by Crippen LogP contribution is 2.14.